The predicted molar refractivity (Wildman–Crippen MR) is 117 cm³/mol. The van der Waals surface area contributed by atoms with Crippen LogP contribution in [0.4, 0.5) is 0 Å². The van der Waals surface area contributed by atoms with Gasteiger partial charge in [-0.1, -0.05) is 17.7 Å². The number of hydrogen-bond acceptors (Lipinski definition) is 5. The molecule has 0 amide bonds. The summed E-state index contributed by atoms with van der Waals surface area (Å²) in [6.07, 6.45) is 1.55. The number of ether oxygens (including phenoxy) is 2. The maximum Gasteiger partial charge on any atom is 0.343 e. The minimum Gasteiger partial charge on any atom is -0.462 e. The third-order valence-electron chi connectivity index (χ3n) is 5.18. The van der Waals surface area contributed by atoms with Gasteiger partial charge in [-0.3, -0.25) is 9.69 Å². The van der Waals surface area contributed by atoms with Gasteiger partial charge in [0.05, 0.1) is 25.3 Å². The van der Waals surface area contributed by atoms with E-state index in [9.17, 15) is 9.59 Å². The molecule has 0 aliphatic carbocycles. The van der Waals surface area contributed by atoms with E-state index in [-0.39, 0.29) is 17.6 Å². The molecule has 1 aliphatic rings. The molecule has 2 aromatic carbocycles. The van der Waals surface area contributed by atoms with E-state index in [2.05, 4.69) is 4.90 Å². The first-order chi connectivity index (χ1) is 14.6. The fraction of sp³-hybridized carbons (Fsp3) is 0.304. The Balaban J connectivity index is 1.84. The van der Waals surface area contributed by atoms with Crippen molar-refractivity contribution in [2.45, 2.75) is 13.5 Å². The third kappa shape index (κ3) is 4.26. The number of halogens is 1. The normalized spacial score (nSPS) is 14.7. The molecule has 7 heteroatoms. The van der Waals surface area contributed by atoms with Gasteiger partial charge >= 0.3 is 5.97 Å². The van der Waals surface area contributed by atoms with Crippen LogP contribution in [0.3, 0.4) is 0 Å². The van der Waals surface area contributed by atoms with Crippen LogP contribution in [-0.2, 0) is 16.0 Å². The van der Waals surface area contributed by atoms with Gasteiger partial charge < -0.3 is 14.0 Å². The van der Waals surface area contributed by atoms with Crippen LogP contribution in [0.1, 0.15) is 22.8 Å². The molecule has 0 unspecified atom stereocenters. The van der Waals surface area contributed by atoms with E-state index in [0.29, 0.717) is 23.6 Å². The van der Waals surface area contributed by atoms with Gasteiger partial charge in [-0.25, -0.2) is 4.79 Å². The summed E-state index contributed by atoms with van der Waals surface area (Å²) in [4.78, 5) is 27.9. The van der Waals surface area contributed by atoms with Crippen LogP contribution in [0.15, 0.2) is 53.5 Å². The van der Waals surface area contributed by atoms with E-state index >= 15 is 0 Å². The molecule has 0 N–H and O–H groups in total. The maximum absolute atomic E-state index is 13.2. The van der Waals surface area contributed by atoms with E-state index in [1.54, 1.807) is 25.3 Å². The number of carbonyl (C=O) groups is 1. The van der Waals surface area contributed by atoms with Gasteiger partial charge in [0.25, 0.3) is 0 Å². The molecule has 0 saturated carbocycles. The summed E-state index contributed by atoms with van der Waals surface area (Å²) in [6.45, 7) is 5.79. The molecule has 0 bridgehead atoms. The van der Waals surface area contributed by atoms with E-state index in [1.165, 1.54) is 0 Å². The molecule has 156 valence electrons. The first-order valence-electron chi connectivity index (χ1n) is 9.98. The molecule has 2 heterocycles. The fourth-order valence-electron chi connectivity index (χ4n) is 3.66. The van der Waals surface area contributed by atoms with Gasteiger partial charge in [0, 0.05) is 41.9 Å². The Labute approximate surface area is 179 Å². The highest BCUT2D eigenvalue weighted by molar-refractivity contribution is 6.30. The number of rotatable bonds is 5. The van der Waals surface area contributed by atoms with Crippen molar-refractivity contribution in [3.8, 4) is 5.69 Å². The van der Waals surface area contributed by atoms with Gasteiger partial charge in [-0.15, -0.1) is 0 Å². The number of morpholine rings is 1. The average Bonchev–Trinajstić information content (AvgIpc) is 2.76. The zero-order valence-corrected chi connectivity index (χ0v) is 17.5. The Morgan fingerprint density at radius 1 is 1.13 bits per heavy atom. The Kier molecular flexibility index (Phi) is 6.18. The summed E-state index contributed by atoms with van der Waals surface area (Å²) < 4.78 is 12.4. The predicted octanol–water partition coefficient (Wildman–Crippen LogP) is 3.65. The Morgan fingerprint density at radius 2 is 1.87 bits per heavy atom. The van der Waals surface area contributed by atoms with E-state index in [4.69, 9.17) is 21.1 Å². The monoisotopic (exact) mass is 426 g/mol. The van der Waals surface area contributed by atoms with Gasteiger partial charge in [-0.2, -0.15) is 0 Å². The van der Waals surface area contributed by atoms with Crippen molar-refractivity contribution in [1.82, 2.24) is 9.47 Å². The van der Waals surface area contributed by atoms with Crippen LogP contribution in [0, 0.1) is 0 Å². The van der Waals surface area contributed by atoms with E-state index in [1.807, 2.05) is 34.9 Å². The molecule has 6 nitrogen and oxygen atoms in total. The molecule has 30 heavy (non-hydrogen) atoms. The first-order valence-corrected chi connectivity index (χ1v) is 10.4. The van der Waals surface area contributed by atoms with Crippen molar-refractivity contribution in [3.63, 3.8) is 0 Å². The second-order valence-electron chi connectivity index (χ2n) is 7.18. The molecule has 1 fully saturated rings. The van der Waals surface area contributed by atoms with Crippen molar-refractivity contribution in [2.75, 3.05) is 32.9 Å². The van der Waals surface area contributed by atoms with Crippen molar-refractivity contribution < 1.29 is 14.3 Å². The highest BCUT2D eigenvalue weighted by Crippen LogP contribution is 2.22. The summed E-state index contributed by atoms with van der Waals surface area (Å²) in [5, 5.41) is 1.10. The molecule has 3 aromatic rings. The SMILES string of the molecule is CCOC(=O)c1cn(-c2ccc(Cl)cc2)c2ccc(CN3CCOCC3)cc2c1=O. The minimum absolute atomic E-state index is 0.0165. The lowest BCUT2D eigenvalue weighted by atomic mass is 10.1. The third-order valence-corrected chi connectivity index (χ3v) is 5.43. The number of carbonyl (C=O) groups excluding carboxylic acids is 1. The van der Waals surface area contributed by atoms with Crippen LogP contribution in [0.25, 0.3) is 16.6 Å². The van der Waals surface area contributed by atoms with Crippen LogP contribution in [-0.4, -0.2) is 48.3 Å². The van der Waals surface area contributed by atoms with Crippen LogP contribution < -0.4 is 5.43 Å². The van der Waals surface area contributed by atoms with Crippen molar-refractivity contribution >= 4 is 28.5 Å². The molecule has 1 aliphatic heterocycles. The van der Waals surface area contributed by atoms with Crippen molar-refractivity contribution in [3.05, 3.63) is 75.0 Å². The molecule has 0 atom stereocenters. The van der Waals surface area contributed by atoms with Crippen molar-refractivity contribution in [2.24, 2.45) is 0 Å². The Hall–Kier alpha value is -2.67. The zero-order valence-electron chi connectivity index (χ0n) is 16.8. The number of pyridine rings is 1. The van der Waals surface area contributed by atoms with E-state index < -0.39 is 5.97 Å². The van der Waals surface area contributed by atoms with Crippen molar-refractivity contribution in [1.29, 1.82) is 0 Å². The van der Waals surface area contributed by atoms with Gasteiger partial charge in [-0.05, 0) is 48.9 Å². The Bertz CT molecular complexity index is 1120. The van der Waals surface area contributed by atoms with Gasteiger partial charge in [0.15, 0.2) is 0 Å². The zero-order chi connectivity index (χ0) is 21.1. The lowest BCUT2D eigenvalue weighted by molar-refractivity contribution is 0.0342. The standard InChI is InChI=1S/C23H23ClN2O4/c1-2-30-23(28)20-15-26(18-6-4-17(24)5-7-18)21-8-3-16(13-19(21)22(20)27)14-25-9-11-29-12-10-25/h3-8,13,15H,2,9-12,14H2,1H3. The lowest BCUT2D eigenvalue weighted by Gasteiger charge is -2.26. The molecular formula is C23H23ClN2O4. The summed E-state index contributed by atoms with van der Waals surface area (Å²) in [6, 6.07) is 13.1. The highest BCUT2D eigenvalue weighted by atomic mass is 35.5. The molecule has 0 radical (unpaired) electrons. The average molecular weight is 427 g/mol. The summed E-state index contributed by atoms with van der Waals surface area (Å²) in [5.74, 6) is -0.620. The highest BCUT2D eigenvalue weighted by Gasteiger charge is 2.18. The van der Waals surface area contributed by atoms with E-state index in [0.717, 1.165) is 36.4 Å². The number of esters is 1. The number of fused-ring (bicyclic) bond motifs is 1. The first kappa shape index (κ1) is 20.6. The minimum atomic E-state index is -0.620. The second-order valence-corrected chi connectivity index (χ2v) is 7.62. The summed E-state index contributed by atoms with van der Waals surface area (Å²) >= 11 is 6.03. The van der Waals surface area contributed by atoms with Gasteiger partial charge in [0.2, 0.25) is 5.43 Å². The summed E-state index contributed by atoms with van der Waals surface area (Å²) in [7, 11) is 0. The maximum atomic E-state index is 13.2. The number of hydrogen-bond donors (Lipinski definition) is 0. The fourth-order valence-corrected chi connectivity index (χ4v) is 3.79. The summed E-state index contributed by atoms with van der Waals surface area (Å²) in [5.41, 5.74) is 2.24. The van der Waals surface area contributed by atoms with Gasteiger partial charge in [0.1, 0.15) is 5.56 Å². The van der Waals surface area contributed by atoms with Crippen LogP contribution >= 0.6 is 11.6 Å². The smallest absolute Gasteiger partial charge is 0.343 e. The number of benzene rings is 2. The molecule has 0 spiro atoms. The largest absolute Gasteiger partial charge is 0.462 e. The second kappa shape index (κ2) is 9.00. The Morgan fingerprint density at radius 3 is 2.57 bits per heavy atom. The molecule has 1 aromatic heterocycles. The molecular weight excluding hydrogens is 404 g/mol. The lowest BCUT2D eigenvalue weighted by Crippen LogP contribution is -2.35. The molecule has 4 rings (SSSR count). The van der Waals surface area contributed by atoms with Crippen LogP contribution in [0.2, 0.25) is 5.02 Å². The topological polar surface area (TPSA) is 60.8 Å². The number of nitrogens with zero attached hydrogens (tertiary/aromatic N) is 2. The number of aromatic nitrogens is 1. The quantitative estimate of drug-likeness (QED) is 0.583. The molecule has 1 saturated heterocycles. The van der Waals surface area contributed by atoms with Crippen LogP contribution in [0.5, 0.6) is 0 Å².